The van der Waals surface area contributed by atoms with E-state index in [1.54, 1.807) is 0 Å². The van der Waals surface area contributed by atoms with Gasteiger partial charge in [0.15, 0.2) is 0 Å². The van der Waals surface area contributed by atoms with Gasteiger partial charge in [-0.2, -0.15) is 0 Å². The molecule has 0 aliphatic rings. The van der Waals surface area contributed by atoms with Gasteiger partial charge in [-0.25, -0.2) is 0 Å². The largest absolute Gasteiger partial charge is 1.00 e. The SMILES string of the molecule is O=C(O)CN(C=CN(CC(=O)O)CC(=O)O)CC(=O)O.[H-].[H-].[K+].[K+]. The van der Waals surface area contributed by atoms with Crippen LogP contribution < -0.4 is 103 Å². The summed E-state index contributed by atoms with van der Waals surface area (Å²) in [5.41, 5.74) is 0. The van der Waals surface area contributed by atoms with Crippen molar-refractivity contribution in [3.05, 3.63) is 12.4 Å². The Kier molecular flexibility index (Phi) is 18.7. The van der Waals surface area contributed by atoms with E-state index in [1.807, 2.05) is 0 Å². The molecular weight excluding hydrogens is 354 g/mol. The predicted molar refractivity (Wildman–Crippen MR) is 65.1 cm³/mol. The van der Waals surface area contributed by atoms with Gasteiger partial charge in [-0.15, -0.1) is 0 Å². The minimum atomic E-state index is -1.28. The van der Waals surface area contributed by atoms with Crippen LogP contribution in [-0.4, -0.2) is 80.3 Å². The number of nitrogens with zero attached hydrogens (tertiary/aromatic N) is 2. The Bertz CT molecular complexity index is 369. The molecule has 0 amide bonds. The number of hydrogen-bond acceptors (Lipinski definition) is 6. The molecular formula is C10H16K2N2O8. The van der Waals surface area contributed by atoms with Gasteiger partial charge in [-0.05, 0) is 0 Å². The third-order valence-corrected chi connectivity index (χ3v) is 1.84. The average molecular weight is 370 g/mol. The summed E-state index contributed by atoms with van der Waals surface area (Å²) in [5.74, 6) is -5.12. The second kappa shape index (κ2) is 15.0. The summed E-state index contributed by atoms with van der Waals surface area (Å²) in [6.07, 6.45) is 2.04. The van der Waals surface area contributed by atoms with E-state index >= 15 is 0 Å². The number of carboxylic acids is 4. The van der Waals surface area contributed by atoms with Gasteiger partial charge in [-0.1, -0.05) is 0 Å². The van der Waals surface area contributed by atoms with Crippen molar-refractivity contribution >= 4 is 23.9 Å². The van der Waals surface area contributed by atoms with Gasteiger partial charge in [0.1, 0.15) is 26.2 Å². The molecule has 0 aliphatic carbocycles. The standard InChI is InChI=1S/C10H14N2O8.2K.2H/c13-7(14)3-11(4-8(15)16)1-2-12(5-9(17)18)6-10(19)20;;;;/h1-2H,3-6H2,(H,13,14)(H,15,16)(H,17,18)(H,19,20);;;;/q;2*+1;2*-1. The third kappa shape index (κ3) is 16.9. The summed E-state index contributed by atoms with van der Waals surface area (Å²) in [4.78, 5) is 43.9. The maximum atomic E-state index is 10.5. The van der Waals surface area contributed by atoms with E-state index in [9.17, 15) is 19.2 Å². The Morgan fingerprint density at radius 1 is 0.636 bits per heavy atom. The molecule has 0 aromatic carbocycles. The number of aliphatic carboxylic acids is 4. The Morgan fingerprint density at radius 2 is 0.818 bits per heavy atom. The van der Waals surface area contributed by atoms with E-state index in [0.717, 1.165) is 22.2 Å². The van der Waals surface area contributed by atoms with Crippen LogP contribution >= 0.6 is 0 Å². The Balaban J connectivity index is -0.000000301. The topological polar surface area (TPSA) is 156 Å². The molecule has 4 N–H and O–H groups in total. The summed E-state index contributed by atoms with van der Waals surface area (Å²) in [7, 11) is 0. The Hall–Kier alpha value is 0.493. The van der Waals surface area contributed by atoms with Gasteiger partial charge in [0.05, 0.1) is 0 Å². The van der Waals surface area contributed by atoms with Crippen LogP contribution in [-0.2, 0) is 19.2 Å². The fourth-order valence-electron chi connectivity index (χ4n) is 1.21. The zero-order chi connectivity index (χ0) is 15.7. The molecule has 0 aliphatic heterocycles. The predicted octanol–water partition coefficient (Wildman–Crippen LogP) is -7.37. The summed E-state index contributed by atoms with van der Waals surface area (Å²) in [5, 5.41) is 34.3. The molecule has 0 bridgehead atoms. The van der Waals surface area contributed by atoms with Crippen molar-refractivity contribution in [3.63, 3.8) is 0 Å². The minimum Gasteiger partial charge on any atom is -1.00 e. The molecule has 0 aromatic heterocycles. The van der Waals surface area contributed by atoms with Gasteiger partial charge in [-0.3, -0.25) is 19.2 Å². The van der Waals surface area contributed by atoms with Gasteiger partial charge in [0, 0.05) is 12.4 Å². The second-order valence-electron chi connectivity index (χ2n) is 3.68. The van der Waals surface area contributed by atoms with Crippen LogP contribution in [0.1, 0.15) is 2.85 Å². The fourth-order valence-corrected chi connectivity index (χ4v) is 1.21. The zero-order valence-corrected chi connectivity index (χ0v) is 18.5. The molecule has 12 heteroatoms. The van der Waals surface area contributed by atoms with Gasteiger partial charge >= 0.3 is 127 Å². The van der Waals surface area contributed by atoms with Crippen LogP contribution in [0.5, 0.6) is 0 Å². The van der Waals surface area contributed by atoms with Crippen molar-refractivity contribution in [1.82, 2.24) is 9.80 Å². The smallest absolute Gasteiger partial charge is 1.00 e. The molecule has 0 spiro atoms. The van der Waals surface area contributed by atoms with E-state index in [-0.39, 0.29) is 106 Å². The first-order chi connectivity index (χ1) is 9.20. The zero-order valence-electron chi connectivity index (χ0n) is 14.3. The third-order valence-electron chi connectivity index (χ3n) is 1.84. The van der Waals surface area contributed by atoms with Crippen LogP contribution in [0.25, 0.3) is 0 Å². The van der Waals surface area contributed by atoms with Crippen molar-refractivity contribution in [2.24, 2.45) is 0 Å². The Labute approximate surface area is 213 Å². The van der Waals surface area contributed by atoms with E-state index in [1.165, 1.54) is 0 Å². The number of carboxylic acid groups (broad SMARTS) is 4. The summed E-state index contributed by atoms with van der Waals surface area (Å²) < 4.78 is 0. The average Bonchev–Trinajstić information content (AvgIpc) is 2.22. The molecule has 0 atom stereocenters. The summed E-state index contributed by atoms with van der Waals surface area (Å²) in [6, 6.07) is 0. The van der Waals surface area contributed by atoms with Crippen LogP contribution in [0.3, 0.4) is 0 Å². The van der Waals surface area contributed by atoms with Crippen molar-refractivity contribution in [1.29, 1.82) is 0 Å². The molecule has 10 nitrogen and oxygen atoms in total. The molecule has 0 heterocycles. The molecule has 0 fully saturated rings. The molecule has 0 unspecified atom stereocenters. The van der Waals surface area contributed by atoms with Gasteiger partial charge in [0.25, 0.3) is 0 Å². The molecule has 116 valence electrons. The molecule has 0 saturated carbocycles. The summed E-state index contributed by atoms with van der Waals surface area (Å²) in [6.45, 7) is -2.46. The van der Waals surface area contributed by atoms with Crippen molar-refractivity contribution in [2.45, 2.75) is 0 Å². The normalized spacial score (nSPS) is 9.27. The van der Waals surface area contributed by atoms with Gasteiger partial charge < -0.3 is 33.1 Å². The van der Waals surface area contributed by atoms with Crippen molar-refractivity contribution in [2.75, 3.05) is 26.2 Å². The maximum Gasteiger partial charge on any atom is 1.00 e. The number of carbonyl (C=O) groups is 4. The van der Waals surface area contributed by atoms with Crippen molar-refractivity contribution in [3.8, 4) is 0 Å². The van der Waals surface area contributed by atoms with Crippen LogP contribution in [0.15, 0.2) is 12.4 Å². The van der Waals surface area contributed by atoms with Crippen LogP contribution in [0, 0.1) is 0 Å². The van der Waals surface area contributed by atoms with E-state index < -0.39 is 50.1 Å². The summed E-state index contributed by atoms with van der Waals surface area (Å²) >= 11 is 0. The van der Waals surface area contributed by atoms with Crippen LogP contribution in [0.2, 0.25) is 0 Å². The van der Waals surface area contributed by atoms with Crippen LogP contribution in [0.4, 0.5) is 0 Å². The first-order valence-corrected chi connectivity index (χ1v) is 5.24. The van der Waals surface area contributed by atoms with E-state index in [0.29, 0.717) is 0 Å². The second-order valence-corrected chi connectivity index (χ2v) is 3.68. The molecule has 0 rings (SSSR count). The first kappa shape index (κ1) is 27.3. The molecule has 0 saturated heterocycles. The Morgan fingerprint density at radius 3 is 0.955 bits per heavy atom. The molecule has 0 radical (unpaired) electrons. The number of hydrogen-bond donors (Lipinski definition) is 4. The molecule has 0 aromatic rings. The maximum absolute atomic E-state index is 10.5. The van der Waals surface area contributed by atoms with E-state index in [2.05, 4.69) is 0 Å². The first-order valence-electron chi connectivity index (χ1n) is 5.24. The minimum absolute atomic E-state index is 0. The van der Waals surface area contributed by atoms with Crippen molar-refractivity contribution < 1.29 is 145 Å². The van der Waals surface area contributed by atoms with Gasteiger partial charge in [0.2, 0.25) is 0 Å². The number of rotatable bonds is 10. The van der Waals surface area contributed by atoms with E-state index in [4.69, 9.17) is 20.4 Å². The molecule has 22 heavy (non-hydrogen) atoms. The fraction of sp³-hybridized carbons (Fsp3) is 0.400. The quantitative estimate of drug-likeness (QED) is 0.272. The monoisotopic (exact) mass is 370 g/mol.